The summed E-state index contributed by atoms with van der Waals surface area (Å²) < 4.78 is 0. The maximum Gasteiger partial charge on any atom is 0.133 e. The molecule has 1 aliphatic carbocycles. The maximum absolute atomic E-state index is 11.6. The molecular formula is C13H24O3. The fourth-order valence-corrected chi connectivity index (χ4v) is 3.02. The van der Waals surface area contributed by atoms with E-state index in [2.05, 4.69) is 13.8 Å². The molecule has 0 unspecified atom stereocenters. The van der Waals surface area contributed by atoms with E-state index >= 15 is 0 Å². The number of hydrogen-bond donors (Lipinski definition) is 2. The van der Waals surface area contributed by atoms with Crippen LogP contribution in [0, 0.1) is 17.3 Å². The van der Waals surface area contributed by atoms with Gasteiger partial charge in [0.15, 0.2) is 0 Å². The van der Waals surface area contributed by atoms with Gasteiger partial charge in [-0.2, -0.15) is 0 Å². The Morgan fingerprint density at radius 3 is 2.62 bits per heavy atom. The molecule has 2 N–H and O–H groups in total. The maximum atomic E-state index is 11.6. The van der Waals surface area contributed by atoms with Crippen molar-refractivity contribution < 1.29 is 15.0 Å². The molecule has 1 aliphatic rings. The SMILES string of the molecule is C[C@@H](O)CC[C@@H]1[C@@H](CO)CC(=O)CC1(C)C. The monoisotopic (exact) mass is 228 g/mol. The van der Waals surface area contributed by atoms with Crippen LogP contribution in [0.3, 0.4) is 0 Å². The first-order valence-corrected chi connectivity index (χ1v) is 6.17. The van der Waals surface area contributed by atoms with E-state index in [1.807, 2.05) is 0 Å². The second-order valence-electron chi connectivity index (χ2n) is 5.88. The lowest BCUT2D eigenvalue weighted by Crippen LogP contribution is -2.40. The topological polar surface area (TPSA) is 57.5 Å². The first kappa shape index (κ1) is 13.7. The molecule has 0 radical (unpaired) electrons. The van der Waals surface area contributed by atoms with E-state index in [4.69, 9.17) is 0 Å². The van der Waals surface area contributed by atoms with Crippen molar-refractivity contribution >= 4 is 5.78 Å². The third-order valence-corrected chi connectivity index (χ3v) is 3.85. The van der Waals surface area contributed by atoms with Crippen molar-refractivity contribution in [2.45, 2.75) is 52.6 Å². The molecule has 0 heterocycles. The molecule has 0 saturated heterocycles. The minimum Gasteiger partial charge on any atom is -0.396 e. The van der Waals surface area contributed by atoms with E-state index < -0.39 is 0 Å². The molecule has 0 amide bonds. The first-order valence-electron chi connectivity index (χ1n) is 6.17. The van der Waals surface area contributed by atoms with Crippen molar-refractivity contribution in [3.05, 3.63) is 0 Å². The normalized spacial score (nSPS) is 31.4. The number of Topliss-reactive ketones (excluding diaryl/α,β-unsaturated/α-hetero) is 1. The van der Waals surface area contributed by atoms with E-state index in [0.29, 0.717) is 18.8 Å². The summed E-state index contributed by atoms with van der Waals surface area (Å²) in [5.74, 6) is 0.678. The van der Waals surface area contributed by atoms with Gasteiger partial charge in [-0.15, -0.1) is 0 Å². The van der Waals surface area contributed by atoms with Crippen LogP contribution in [0.1, 0.15) is 46.5 Å². The molecule has 1 fully saturated rings. The van der Waals surface area contributed by atoms with E-state index in [1.165, 1.54) is 0 Å². The Balaban J connectivity index is 2.70. The fraction of sp³-hybridized carbons (Fsp3) is 0.923. The molecule has 3 nitrogen and oxygen atoms in total. The highest BCUT2D eigenvalue weighted by molar-refractivity contribution is 5.80. The molecule has 1 saturated carbocycles. The van der Waals surface area contributed by atoms with Gasteiger partial charge >= 0.3 is 0 Å². The second-order valence-corrected chi connectivity index (χ2v) is 5.88. The van der Waals surface area contributed by atoms with E-state index in [0.717, 1.165) is 12.8 Å². The lowest BCUT2D eigenvalue weighted by atomic mass is 9.62. The third kappa shape index (κ3) is 3.29. The summed E-state index contributed by atoms with van der Waals surface area (Å²) in [7, 11) is 0. The zero-order chi connectivity index (χ0) is 12.3. The standard InChI is InChI=1S/C13H24O3/c1-9(15)4-5-12-10(8-14)6-11(16)7-13(12,2)3/h9-10,12,14-15H,4-8H2,1-3H3/t9-,10-,12-/m1/s1. The quantitative estimate of drug-likeness (QED) is 0.771. The molecule has 0 bridgehead atoms. The average molecular weight is 228 g/mol. The Morgan fingerprint density at radius 1 is 1.50 bits per heavy atom. The molecule has 0 spiro atoms. The van der Waals surface area contributed by atoms with Gasteiger partial charge in [0, 0.05) is 19.4 Å². The van der Waals surface area contributed by atoms with Crippen LogP contribution < -0.4 is 0 Å². The number of aliphatic hydroxyl groups excluding tert-OH is 2. The van der Waals surface area contributed by atoms with Crippen LogP contribution in [0.5, 0.6) is 0 Å². The van der Waals surface area contributed by atoms with Crippen LogP contribution in [0.2, 0.25) is 0 Å². The van der Waals surface area contributed by atoms with E-state index in [-0.39, 0.29) is 29.8 Å². The molecule has 3 atom stereocenters. The van der Waals surface area contributed by atoms with Crippen molar-refractivity contribution in [1.82, 2.24) is 0 Å². The van der Waals surface area contributed by atoms with Crippen molar-refractivity contribution in [2.24, 2.45) is 17.3 Å². The minimum absolute atomic E-state index is 0.0440. The number of aliphatic hydroxyl groups is 2. The van der Waals surface area contributed by atoms with Crippen molar-refractivity contribution in [3.8, 4) is 0 Å². The summed E-state index contributed by atoms with van der Waals surface area (Å²) in [6.45, 7) is 6.06. The van der Waals surface area contributed by atoms with Gasteiger partial charge in [-0.25, -0.2) is 0 Å². The van der Waals surface area contributed by atoms with Crippen LogP contribution in [0.25, 0.3) is 0 Å². The van der Waals surface area contributed by atoms with Gasteiger partial charge in [0.25, 0.3) is 0 Å². The summed E-state index contributed by atoms with van der Waals surface area (Å²) >= 11 is 0. The fourth-order valence-electron chi connectivity index (χ4n) is 3.02. The molecule has 0 aliphatic heterocycles. The zero-order valence-corrected chi connectivity index (χ0v) is 10.6. The van der Waals surface area contributed by atoms with E-state index in [9.17, 15) is 15.0 Å². The average Bonchev–Trinajstić information content (AvgIpc) is 2.13. The van der Waals surface area contributed by atoms with Crippen LogP contribution >= 0.6 is 0 Å². The molecule has 94 valence electrons. The van der Waals surface area contributed by atoms with Gasteiger partial charge in [0.05, 0.1) is 6.10 Å². The summed E-state index contributed by atoms with van der Waals surface area (Å²) in [5.41, 5.74) is -0.0440. The van der Waals surface area contributed by atoms with Gasteiger partial charge in [-0.05, 0) is 37.0 Å². The Bertz CT molecular complexity index is 246. The van der Waals surface area contributed by atoms with Crippen molar-refractivity contribution in [2.75, 3.05) is 6.61 Å². The first-order chi connectivity index (χ1) is 7.36. The third-order valence-electron chi connectivity index (χ3n) is 3.85. The number of ketones is 1. The van der Waals surface area contributed by atoms with Crippen molar-refractivity contribution in [1.29, 1.82) is 0 Å². The van der Waals surface area contributed by atoms with Crippen LogP contribution in [-0.2, 0) is 4.79 Å². The lowest BCUT2D eigenvalue weighted by molar-refractivity contribution is -0.129. The van der Waals surface area contributed by atoms with Crippen molar-refractivity contribution in [3.63, 3.8) is 0 Å². The number of rotatable bonds is 4. The summed E-state index contributed by atoms with van der Waals surface area (Å²) in [4.78, 5) is 11.6. The Kier molecular flexibility index (Phi) is 4.51. The largest absolute Gasteiger partial charge is 0.396 e. The molecule has 16 heavy (non-hydrogen) atoms. The van der Waals surface area contributed by atoms with E-state index in [1.54, 1.807) is 6.92 Å². The zero-order valence-electron chi connectivity index (χ0n) is 10.6. The van der Waals surface area contributed by atoms with Gasteiger partial charge in [0.1, 0.15) is 5.78 Å². The number of hydrogen-bond acceptors (Lipinski definition) is 3. The number of carbonyl (C=O) groups excluding carboxylic acids is 1. The van der Waals surface area contributed by atoms with Crippen LogP contribution in [0.15, 0.2) is 0 Å². The molecular weight excluding hydrogens is 204 g/mol. The molecule has 0 aromatic rings. The predicted molar refractivity (Wildman–Crippen MR) is 63.0 cm³/mol. The summed E-state index contributed by atoms with van der Waals surface area (Å²) in [5, 5.41) is 18.7. The highest BCUT2D eigenvalue weighted by Gasteiger charge is 2.41. The molecule has 0 aromatic heterocycles. The summed E-state index contributed by atoms with van der Waals surface area (Å²) in [6.07, 6.45) is 2.45. The van der Waals surface area contributed by atoms with Crippen LogP contribution in [0.4, 0.5) is 0 Å². The van der Waals surface area contributed by atoms with Gasteiger partial charge in [0.2, 0.25) is 0 Å². The van der Waals surface area contributed by atoms with Crippen LogP contribution in [-0.4, -0.2) is 28.7 Å². The van der Waals surface area contributed by atoms with Gasteiger partial charge in [-0.3, -0.25) is 4.79 Å². The Morgan fingerprint density at radius 2 is 2.12 bits per heavy atom. The lowest BCUT2D eigenvalue weighted by Gasteiger charge is -2.43. The van der Waals surface area contributed by atoms with Gasteiger partial charge < -0.3 is 10.2 Å². The predicted octanol–water partition coefficient (Wildman–Crippen LogP) is 1.76. The highest BCUT2D eigenvalue weighted by Crippen LogP contribution is 2.44. The summed E-state index contributed by atoms with van der Waals surface area (Å²) in [6, 6.07) is 0. The molecule has 0 aromatic carbocycles. The van der Waals surface area contributed by atoms with Gasteiger partial charge in [-0.1, -0.05) is 13.8 Å². The smallest absolute Gasteiger partial charge is 0.133 e. The molecule has 1 rings (SSSR count). The second kappa shape index (κ2) is 5.28. The Labute approximate surface area is 97.9 Å². The number of carbonyl (C=O) groups is 1. The highest BCUT2D eigenvalue weighted by atomic mass is 16.3. The Hall–Kier alpha value is -0.410. The minimum atomic E-state index is -0.298. The molecule has 3 heteroatoms.